The van der Waals surface area contributed by atoms with Crippen molar-refractivity contribution < 1.29 is 9.32 Å². The topological polar surface area (TPSA) is 114 Å². The number of hydrogen-bond donors (Lipinski definition) is 2. The molecule has 1 atom stereocenters. The van der Waals surface area contributed by atoms with Gasteiger partial charge >= 0.3 is 5.69 Å². The lowest BCUT2D eigenvalue weighted by atomic mass is 9.91. The van der Waals surface area contributed by atoms with E-state index in [1.165, 1.54) is 0 Å². The van der Waals surface area contributed by atoms with Crippen LogP contribution in [0, 0.1) is 0 Å². The number of aryl methyl sites for hydroxylation is 1. The molecule has 2 aromatic heterocycles. The second-order valence-corrected chi connectivity index (χ2v) is 6.33. The molecule has 2 aromatic rings. The highest BCUT2D eigenvalue weighted by Crippen LogP contribution is 2.19. The molecule has 23 heavy (non-hydrogen) atoms. The SMILES string of the molecule is CCc1noc([C@H](C)NC(=O)c2cc(C(C)(C)C)[nH]c(=O)n2)n1. The van der Waals surface area contributed by atoms with E-state index in [2.05, 4.69) is 25.4 Å². The molecule has 0 saturated carbocycles. The first-order valence-electron chi connectivity index (χ1n) is 7.46. The van der Waals surface area contributed by atoms with Crippen LogP contribution in [0.15, 0.2) is 15.4 Å². The van der Waals surface area contributed by atoms with Gasteiger partial charge in [0.25, 0.3) is 5.91 Å². The molecule has 0 aliphatic carbocycles. The molecule has 124 valence electrons. The fourth-order valence-corrected chi connectivity index (χ4v) is 1.90. The average molecular weight is 319 g/mol. The molecule has 0 spiro atoms. The molecule has 8 heteroatoms. The molecule has 0 aliphatic heterocycles. The highest BCUT2D eigenvalue weighted by molar-refractivity contribution is 5.92. The van der Waals surface area contributed by atoms with Crippen molar-refractivity contribution in [3.8, 4) is 0 Å². The number of nitrogens with zero attached hydrogens (tertiary/aromatic N) is 3. The van der Waals surface area contributed by atoms with Crippen molar-refractivity contribution in [2.45, 2.75) is 52.5 Å². The van der Waals surface area contributed by atoms with E-state index in [-0.39, 0.29) is 11.1 Å². The highest BCUT2D eigenvalue weighted by Gasteiger charge is 2.21. The Balaban J connectivity index is 2.20. The molecule has 0 bridgehead atoms. The predicted octanol–water partition coefficient (Wildman–Crippen LogP) is 1.50. The van der Waals surface area contributed by atoms with Crippen molar-refractivity contribution in [1.82, 2.24) is 25.4 Å². The lowest BCUT2D eigenvalue weighted by Crippen LogP contribution is -2.31. The number of aromatic amines is 1. The van der Waals surface area contributed by atoms with Gasteiger partial charge < -0.3 is 14.8 Å². The summed E-state index contributed by atoms with van der Waals surface area (Å²) in [4.78, 5) is 34.5. The molecule has 0 aliphatic rings. The highest BCUT2D eigenvalue weighted by atomic mass is 16.5. The molecule has 2 heterocycles. The molecule has 8 nitrogen and oxygen atoms in total. The Hall–Kier alpha value is -2.51. The Morgan fingerprint density at radius 2 is 2.09 bits per heavy atom. The van der Waals surface area contributed by atoms with Crippen molar-refractivity contribution in [3.05, 3.63) is 39.7 Å². The van der Waals surface area contributed by atoms with Crippen molar-refractivity contribution in [2.75, 3.05) is 0 Å². The van der Waals surface area contributed by atoms with Crippen molar-refractivity contribution in [3.63, 3.8) is 0 Å². The van der Waals surface area contributed by atoms with E-state index < -0.39 is 17.6 Å². The lowest BCUT2D eigenvalue weighted by molar-refractivity contribution is 0.0926. The summed E-state index contributed by atoms with van der Waals surface area (Å²) in [6, 6.07) is 1.10. The summed E-state index contributed by atoms with van der Waals surface area (Å²) in [6.07, 6.45) is 0.648. The molecule has 0 saturated heterocycles. The minimum Gasteiger partial charge on any atom is -0.339 e. The van der Waals surface area contributed by atoms with Gasteiger partial charge in [0, 0.05) is 17.5 Å². The van der Waals surface area contributed by atoms with Gasteiger partial charge in [-0.3, -0.25) is 4.79 Å². The smallest absolute Gasteiger partial charge is 0.339 e. The van der Waals surface area contributed by atoms with Crippen LogP contribution in [0.2, 0.25) is 0 Å². The lowest BCUT2D eigenvalue weighted by Gasteiger charge is -2.18. The number of rotatable bonds is 4. The molecular weight excluding hydrogens is 298 g/mol. The third kappa shape index (κ3) is 4.02. The van der Waals surface area contributed by atoms with Gasteiger partial charge in [-0.2, -0.15) is 9.97 Å². The van der Waals surface area contributed by atoms with Crippen LogP contribution in [0.1, 0.15) is 68.6 Å². The zero-order valence-electron chi connectivity index (χ0n) is 13.9. The summed E-state index contributed by atoms with van der Waals surface area (Å²) in [5.41, 5.74) is -0.158. The molecule has 0 aromatic carbocycles. The first-order valence-corrected chi connectivity index (χ1v) is 7.46. The second kappa shape index (κ2) is 6.31. The van der Waals surface area contributed by atoms with Gasteiger partial charge in [-0.25, -0.2) is 4.79 Å². The van der Waals surface area contributed by atoms with Gasteiger partial charge in [0.1, 0.15) is 11.7 Å². The van der Waals surface area contributed by atoms with E-state index in [0.717, 1.165) is 0 Å². The summed E-state index contributed by atoms with van der Waals surface area (Å²) in [7, 11) is 0. The normalized spacial score (nSPS) is 12.9. The molecular formula is C15H21N5O3. The van der Waals surface area contributed by atoms with Crippen LogP contribution in [-0.2, 0) is 11.8 Å². The van der Waals surface area contributed by atoms with Crippen molar-refractivity contribution in [2.24, 2.45) is 0 Å². The Kier molecular flexibility index (Phi) is 4.63. The number of aromatic nitrogens is 4. The summed E-state index contributed by atoms with van der Waals surface area (Å²) in [5.74, 6) is 0.423. The van der Waals surface area contributed by atoms with Crippen LogP contribution in [0.25, 0.3) is 0 Å². The number of hydrogen-bond acceptors (Lipinski definition) is 6. The van der Waals surface area contributed by atoms with E-state index in [1.54, 1.807) is 13.0 Å². The first-order chi connectivity index (χ1) is 10.7. The van der Waals surface area contributed by atoms with E-state index in [9.17, 15) is 9.59 Å². The third-order valence-electron chi connectivity index (χ3n) is 3.30. The van der Waals surface area contributed by atoms with E-state index in [4.69, 9.17) is 4.52 Å². The van der Waals surface area contributed by atoms with Crippen LogP contribution in [-0.4, -0.2) is 26.0 Å². The Morgan fingerprint density at radius 3 is 2.65 bits per heavy atom. The summed E-state index contributed by atoms with van der Waals surface area (Å²) in [6.45, 7) is 9.45. The maximum absolute atomic E-state index is 12.3. The Bertz CT molecular complexity index is 757. The van der Waals surface area contributed by atoms with Crippen LogP contribution < -0.4 is 11.0 Å². The third-order valence-corrected chi connectivity index (χ3v) is 3.30. The zero-order chi connectivity index (χ0) is 17.2. The van der Waals surface area contributed by atoms with E-state index >= 15 is 0 Å². The van der Waals surface area contributed by atoms with E-state index in [0.29, 0.717) is 23.8 Å². The number of H-pyrrole nitrogens is 1. The monoisotopic (exact) mass is 319 g/mol. The average Bonchev–Trinajstić information content (AvgIpc) is 2.94. The van der Waals surface area contributed by atoms with Gasteiger partial charge in [0.2, 0.25) is 5.89 Å². The van der Waals surface area contributed by atoms with Gasteiger partial charge in [-0.1, -0.05) is 32.9 Å². The maximum Gasteiger partial charge on any atom is 0.345 e. The molecule has 0 radical (unpaired) electrons. The van der Waals surface area contributed by atoms with Crippen molar-refractivity contribution >= 4 is 5.91 Å². The largest absolute Gasteiger partial charge is 0.345 e. The zero-order valence-corrected chi connectivity index (χ0v) is 13.9. The van der Waals surface area contributed by atoms with Crippen LogP contribution >= 0.6 is 0 Å². The Labute approximate surface area is 133 Å². The first kappa shape index (κ1) is 16.9. The standard InChI is InChI=1S/C15H21N5O3/c1-6-11-19-13(23-20-11)8(2)16-12(21)9-7-10(15(3,4)5)18-14(22)17-9/h7-8H,6H2,1-5H3,(H,16,21)(H,17,18,22)/t8-/m0/s1. The number of nitrogens with one attached hydrogen (secondary N) is 2. The second-order valence-electron chi connectivity index (χ2n) is 6.33. The van der Waals surface area contributed by atoms with Crippen molar-refractivity contribution in [1.29, 1.82) is 0 Å². The number of amides is 1. The van der Waals surface area contributed by atoms with Gasteiger partial charge in [0.15, 0.2) is 5.82 Å². The van der Waals surface area contributed by atoms with Crippen LogP contribution in [0.3, 0.4) is 0 Å². The summed E-state index contributed by atoms with van der Waals surface area (Å²) < 4.78 is 5.09. The minimum atomic E-state index is -0.554. The molecule has 0 unspecified atom stereocenters. The quantitative estimate of drug-likeness (QED) is 0.883. The minimum absolute atomic E-state index is 0.0563. The van der Waals surface area contributed by atoms with Gasteiger partial charge in [-0.15, -0.1) is 0 Å². The number of carbonyl (C=O) groups excluding carboxylic acids is 1. The van der Waals surface area contributed by atoms with Crippen LogP contribution in [0.5, 0.6) is 0 Å². The van der Waals surface area contributed by atoms with Crippen LogP contribution in [0.4, 0.5) is 0 Å². The summed E-state index contributed by atoms with van der Waals surface area (Å²) >= 11 is 0. The fourth-order valence-electron chi connectivity index (χ4n) is 1.90. The predicted molar refractivity (Wildman–Crippen MR) is 83.1 cm³/mol. The van der Waals surface area contributed by atoms with E-state index in [1.807, 2.05) is 27.7 Å². The molecule has 2 N–H and O–H groups in total. The molecule has 2 rings (SSSR count). The fraction of sp³-hybridized carbons (Fsp3) is 0.533. The molecule has 1 amide bonds. The Morgan fingerprint density at radius 1 is 1.39 bits per heavy atom. The summed E-state index contributed by atoms with van der Waals surface area (Å²) in [5, 5.41) is 6.49. The maximum atomic E-state index is 12.3. The van der Waals surface area contributed by atoms with Gasteiger partial charge in [-0.05, 0) is 13.0 Å². The molecule has 0 fully saturated rings. The van der Waals surface area contributed by atoms with Gasteiger partial charge in [0.05, 0.1) is 0 Å². The number of carbonyl (C=O) groups is 1.